The van der Waals surface area contributed by atoms with E-state index >= 15 is 0 Å². The van der Waals surface area contributed by atoms with Crippen LogP contribution in [0.5, 0.6) is 5.75 Å². The average Bonchev–Trinajstić information content (AvgIpc) is 3.25. The highest BCUT2D eigenvalue weighted by molar-refractivity contribution is 9.10. The van der Waals surface area contributed by atoms with Crippen LogP contribution < -0.4 is 10.1 Å². The fourth-order valence-electron chi connectivity index (χ4n) is 2.97. The summed E-state index contributed by atoms with van der Waals surface area (Å²) in [4.78, 5) is 17.7. The number of halogens is 1. The van der Waals surface area contributed by atoms with Gasteiger partial charge in [0.15, 0.2) is 0 Å². The van der Waals surface area contributed by atoms with Crippen molar-refractivity contribution in [2.24, 2.45) is 0 Å². The Kier molecular flexibility index (Phi) is 5.12. The molecule has 0 saturated carbocycles. The quantitative estimate of drug-likeness (QED) is 0.467. The van der Waals surface area contributed by atoms with E-state index in [1.54, 1.807) is 19.4 Å². The molecular formula is C22H17BrN2O3. The Morgan fingerprint density at radius 1 is 1.14 bits per heavy atom. The van der Waals surface area contributed by atoms with Gasteiger partial charge in [0.05, 0.1) is 36.7 Å². The first-order chi connectivity index (χ1) is 13.6. The third-order valence-corrected chi connectivity index (χ3v) is 4.90. The molecule has 4 rings (SSSR count). The lowest BCUT2D eigenvalue weighted by molar-refractivity contribution is 0.0949. The average molecular weight is 437 g/mol. The third kappa shape index (κ3) is 3.77. The molecule has 1 N–H and O–H groups in total. The molecule has 2 aromatic heterocycles. The van der Waals surface area contributed by atoms with Gasteiger partial charge in [-0.1, -0.05) is 15.9 Å². The van der Waals surface area contributed by atoms with Crippen molar-refractivity contribution in [2.75, 3.05) is 7.11 Å². The number of aromatic nitrogens is 1. The van der Waals surface area contributed by atoms with Crippen molar-refractivity contribution in [1.29, 1.82) is 0 Å². The predicted molar refractivity (Wildman–Crippen MR) is 111 cm³/mol. The number of methoxy groups -OCH3 is 1. The molecular weight excluding hydrogens is 420 g/mol. The number of rotatable bonds is 5. The van der Waals surface area contributed by atoms with Gasteiger partial charge < -0.3 is 14.5 Å². The lowest BCUT2D eigenvalue weighted by atomic mass is 10.0. The maximum Gasteiger partial charge on any atom is 0.252 e. The molecule has 0 spiro atoms. The van der Waals surface area contributed by atoms with E-state index in [2.05, 4.69) is 21.2 Å². The highest BCUT2D eigenvalue weighted by Gasteiger charge is 2.15. The molecule has 4 aromatic rings. The number of fused-ring (bicyclic) bond motifs is 1. The molecule has 0 aliphatic carbocycles. The summed E-state index contributed by atoms with van der Waals surface area (Å²) in [6.45, 7) is 0.321. The molecule has 0 aliphatic rings. The number of furan rings is 1. The summed E-state index contributed by atoms with van der Waals surface area (Å²) < 4.78 is 11.4. The molecule has 0 unspecified atom stereocenters. The summed E-state index contributed by atoms with van der Waals surface area (Å²) in [6.07, 6.45) is 1.59. The predicted octanol–water partition coefficient (Wildman–Crippen LogP) is 5.20. The molecule has 2 heterocycles. The largest absolute Gasteiger partial charge is 0.497 e. The zero-order valence-corrected chi connectivity index (χ0v) is 16.7. The summed E-state index contributed by atoms with van der Waals surface area (Å²) in [5, 5.41) is 3.70. The second-order valence-corrected chi connectivity index (χ2v) is 7.12. The highest BCUT2D eigenvalue weighted by Crippen LogP contribution is 2.28. The minimum atomic E-state index is -0.184. The first-order valence-electron chi connectivity index (χ1n) is 8.69. The van der Waals surface area contributed by atoms with E-state index < -0.39 is 0 Å². The van der Waals surface area contributed by atoms with Crippen molar-refractivity contribution in [3.63, 3.8) is 0 Å². The molecule has 28 heavy (non-hydrogen) atoms. The number of pyridine rings is 1. The Morgan fingerprint density at radius 2 is 1.96 bits per heavy atom. The standard InChI is InChI=1S/C22H17BrN2O3/c1-27-16-7-4-14(5-8-16)21-12-19(18-11-15(23)6-9-20(18)25-21)22(26)24-13-17-3-2-10-28-17/h2-12H,13H2,1H3,(H,24,26). The van der Waals surface area contributed by atoms with E-state index in [0.717, 1.165) is 32.4 Å². The summed E-state index contributed by atoms with van der Waals surface area (Å²) in [5.74, 6) is 1.28. The maximum atomic E-state index is 12.9. The fraction of sp³-hybridized carbons (Fsp3) is 0.0909. The Hall–Kier alpha value is -3.12. The Bertz CT molecular complexity index is 1120. The van der Waals surface area contributed by atoms with E-state index in [1.165, 1.54) is 0 Å². The number of hydrogen-bond acceptors (Lipinski definition) is 4. The van der Waals surface area contributed by atoms with Crippen LogP contribution in [0.15, 0.2) is 75.8 Å². The number of nitrogens with one attached hydrogen (secondary N) is 1. The zero-order valence-electron chi connectivity index (χ0n) is 15.1. The molecule has 0 fully saturated rings. The smallest absolute Gasteiger partial charge is 0.252 e. The summed E-state index contributed by atoms with van der Waals surface area (Å²) >= 11 is 3.48. The van der Waals surface area contributed by atoms with Gasteiger partial charge in [0.25, 0.3) is 5.91 Å². The van der Waals surface area contributed by atoms with Gasteiger partial charge in [-0.2, -0.15) is 0 Å². The summed E-state index contributed by atoms with van der Waals surface area (Å²) in [5.41, 5.74) is 2.94. The second kappa shape index (κ2) is 7.86. The number of carbonyl (C=O) groups is 1. The Balaban J connectivity index is 1.75. The molecule has 5 nitrogen and oxygen atoms in total. The molecule has 0 saturated heterocycles. The van der Waals surface area contributed by atoms with E-state index in [1.807, 2.05) is 54.6 Å². The SMILES string of the molecule is COc1ccc(-c2cc(C(=O)NCc3ccco3)c3cc(Br)ccc3n2)cc1. The lowest BCUT2D eigenvalue weighted by Crippen LogP contribution is -2.23. The van der Waals surface area contributed by atoms with Gasteiger partial charge in [-0.25, -0.2) is 4.98 Å². The topological polar surface area (TPSA) is 64.4 Å². The number of benzene rings is 2. The number of ether oxygens (including phenoxy) is 1. The van der Waals surface area contributed by atoms with Crippen molar-refractivity contribution < 1.29 is 13.9 Å². The van der Waals surface area contributed by atoms with Gasteiger partial charge in [0.1, 0.15) is 11.5 Å². The molecule has 140 valence electrons. The van der Waals surface area contributed by atoms with Crippen LogP contribution in [0, 0.1) is 0 Å². The monoisotopic (exact) mass is 436 g/mol. The first-order valence-corrected chi connectivity index (χ1v) is 9.48. The van der Waals surface area contributed by atoms with Crippen molar-refractivity contribution >= 4 is 32.7 Å². The minimum Gasteiger partial charge on any atom is -0.497 e. The van der Waals surface area contributed by atoms with Gasteiger partial charge in [-0.05, 0) is 60.7 Å². The summed E-state index contributed by atoms with van der Waals surface area (Å²) in [7, 11) is 1.63. The van der Waals surface area contributed by atoms with E-state index in [-0.39, 0.29) is 5.91 Å². The van der Waals surface area contributed by atoms with Crippen LogP contribution in [-0.4, -0.2) is 18.0 Å². The van der Waals surface area contributed by atoms with Crippen LogP contribution >= 0.6 is 15.9 Å². The van der Waals surface area contributed by atoms with Crippen LogP contribution in [0.3, 0.4) is 0 Å². The minimum absolute atomic E-state index is 0.184. The van der Waals surface area contributed by atoms with Gasteiger partial charge in [0, 0.05) is 15.4 Å². The van der Waals surface area contributed by atoms with Crippen molar-refractivity contribution in [1.82, 2.24) is 10.3 Å². The van der Waals surface area contributed by atoms with Crippen molar-refractivity contribution in [2.45, 2.75) is 6.54 Å². The number of nitrogens with zero attached hydrogens (tertiary/aromatic N) is 1. The molecule has 1 amide bonds. The molecule has 0 bridgehead atoms. The molecule has 0 atom stereocenters. The highest BCUT2D eigenvalue weighted by atomic mass is 79.9. The third-order valence-electron chi connectivity index (χ3n) is 4.40. The van der Waals surface area contributed by atoms with Gasteiger partial charge in [-0.15, -0.1) is 0 Å². The van der Waals surface area contributed by atoms with Gasteiger partial charge >= 0.3 is 0 Å². The lowest BCUT2D eigenvalue weighted by Gasteiger charge is -2.11. The number of hydrogen-bond donors (Lipinski definition) is 1. The van der Waals surface area contributed by atoms with Crippen LogP contribution in [0.1, 0.15) is 16.1 Å². The fourth-order valence-corrected chi connectivity index (χ4v) is 3.33. The maximum absolute atomic E-state index is 12.9. The van der Waals surface area contributed by atoms with Crippen LogP contribution in [0.4, 0.5) is 0 Å². The van der Waals surface area contributed by atoms with Crippen molar-refractivity contribution in [3.8, 4) is 17.0 Å². The van der Waals surface area contributed by atoms with E-state index in [9.17, 15) is 4.79 Å². The molecule has 0 aliphatic heterocycles. The summed E-state index contributed by atoms with van der Waals surface area (Å²) in [6, 6.07) is 18.8. The van der Waals surface area contributed by atoms with Gasteiger partial charge in [-0.3, -0.25) is 4.79 Å². The Labute approximate surface area is 170 Å². The van der Waals surface area contributed by atoms with Gasteiger partial charge in [0.2, 0.25) is 0 Å². The van der Waals surface area contributed by atoms with Crippen LogP contribution in [0.25, 0.3) is 22.2 Å². The zero-order chi connectivity index (χ0) is 19.5. The second-order valence-electron chi connectivity index (χ2n) is 6.21. The van der Waals surface area contributed by atoms with E-state index in [4.69, 9.17) is 14.1 Å². The normalized spacial score (nSPS) is 10.8. The molecule has 6 heteroatoms. The number of amides is 1. The Morgan fingerprint density at radius 3 is 2.68 bits per heavy atom. The van der Waals surface area contributed by atoms with E-state index in [0.29, 0.717) is 17.9 Å². The van der Waals surface area contributed by atoms with Crippen LogP contribution in [-0.2, 0) is 6.54 Å². The first kappa shape index (κ1) is 18.3. The molecule has 0 radical (unpaired) electrons. The van der Waals surface area contributed by atoms with Crippen molar-refractivity contribution in [3.05, 3.63) is 82.7 Å². The molecule has 2 aromatic carbocycles. The number of carbonyl (C=O) groups excluding carboxylic acids is 1. The van der Waals surface area contributed by atoms with Crippen LogP contribution in [0.2, 0.25) is 0 Å².